The lowest BCUT2D eigenvalue weighted by Crippen LogP contribution is -2.62. The molecule has 21 heavy (non-hydrogen) atoms. The van der Waals surface area contributed by atoms with Crippen LogP contribution >= 0.6 is 0 Å². The van der Waals surface area contributed by atoms with Crippen molar-refractivity contribution in [2.75, 3.05) is 27.2 Å². The van der Waals surface area contributed by atoms with Gasteiger partial charge in [0.1, 0.15) is 6.61 Å². The summed E-state index contributed by atoms with van der Waals surface area (Å²) >= 11 is 0. The van der Waals surface area contributed by atoms with E-state index in [1.54, 1.807) is 0 Å². The van der Waals surface area contributed by atoms with E-state index in [0.717, 1.165) is 14.2 Å². The van der Waals surface area contributed by atoms with E-state index < -0.39 is 22.3 Å². The SMILES string of the molecule is CN(C)S(=O)(=O)N(C(=O)OCc1ccccc1)C1CNC1. The molecule has 1 aromatic rings. The predicted octanol–water partition coefficient (Wildman–Crippen LogP) is 0.403. The zero-order chi connectivity index (χ0) is 15.5. The van der Waals surface area contributed by atoms with Crippen LogP contribution < -0.4 is 5.32 Å². The number of rotatable bonds is 5. The highest BCUT2D eigenvalue weighted by Gasteiger charge is 2.40. The van der Waals surface area contributed by atoms with E-state index in [1.165, 1.54) is 14.1 Å². The van der Waals surface area contributed by atoms with Crippen molar-refractivity contribution in [3.8, 4) is 0 Å². The van der Waals surface area contributed by atoms with Gasteiger partial charge in [-0.1, -0.05) is 30.3 Å². The summed E-state index contributed by atoms with van der Waals surface area (Å²) in [4.78, 5) is 12.2. The average molecular weight is 313 g/mol. The van der Waals surface area contributed by atoms with Crippen LogP contribution in [-0.2, 0) is 21.6 Å². The van der Waals surface area contributed by atoms with Gasteiger partial charge in [0, 0.05) is 27.2 Å². The van der Waals surface area contributed by atoms with Gasteiger partial charge < -0.3 is 10.1 Å². The van der Waals surface area contributed by atoms with Gasteiger partial charge in [0.2, 0.25) is 0 Å². The van der Waals surface area contributed by atoms with E-state index in [1.807, 2.05) is 30.3 Å². The number of hydrogen-bond donors (Lipinski definition) is 1. The van der Waals surface area contributed by atoms with Crippen molar-refractivity contribution < 1.29 is 17.9 Å². The highest BCUT2D eigenvalue weighted by atomic mass is 32.2. The third-order valence-corrected chi connectivity index (χ3v) is 5.05. The van der Waals surface area contributed by atoms with E-state index >= 15 is 0 Å². The number of benzene rings is 1. The molecule has 1 aliphatic rings. The van der Waals surface area contributed by atoms with Crippen LogP contribution in [0.4, 0.5) is 4.79 Å². The van der Waals surface area contributed by atoms with Gasteiger partial charge in [0.15, 0.2) is 0 Å². The Morgan fingerprint density at radius 3 is 2.38 bits per heavy atom. The lowest BCUT2D eigenvalue weighted by atomic mass is 10.2. The first-order valence-corrected chi connectivity index (χ1v) is 7.96. The molecule has 7 nitrogen and oxygen atoms in total. The van der Waals surface area contributed by atoms with Crippen LogP contribution in [0, 0.1) is 0 Å². The Bertz CT molecular complexity index is 585. The topological polar surface area (TPSA) is 79.0 Å². The maximum atomic E-state index is 12.2. The molecule has 0 aromatic heterocycles. The zero-order valence-corrected chi connectivity index (χ0v) is 12.8. The summed E-state index contributed by atoms with van der Waals surface area (Å²) < 4.78 is 31.4. The molecular formula is C13H19N3O4S. The minimum absolute atomic E-state index is 0.0409. The fourth-order valence-corrected chi connectivity index (χ4v) is 2.95. The molecule has 2 rings (SSSR count). The Kier molecular flexibility index (Phi) is 4.81. The summed E-state index contributed by atoms with van der Waals surface area (Å²) in [6.45, 7) is 0.917. The van der Waals surface area contributed by atoms with Gasteiger partial charge in [-0.05, 0) is 5.56 Å². The van der Waals surface area contributed by atoms with E-state index in [2.05, 4.69) is 5.32 Å². The first-order valence-electron chi connectivity index (χ1n) is 6.56. The van der Waals surface area contributed by atoms with Gasteiger partial charge in [0.05, 0.1) is 6.04 Å². The Morgan fingerprint density at radius 1 is 1.29 bits per heavy atom. The van der Waals surface area contributed by atoms with Crippen molar-refractivity contribution in [1.82, 2.24) is 13.9 Å². The fraction of sp³-hybridized carbons (Fsp3) is 0.462. The van der Waals surface area contributed by atoms with Crippen molar-refractivity contribution in [2.24, 2.45) is 0 Å². The molecule has 1 amide bonds. The molecule has 116 valence electrons. The summed E-state index contributed by atoms with van der Waals surface area (Å²) in [5.41, 5.74) is 0.805. The number of ether oxygens (including phenoxy) is 1. The molecule has 1 heterocycles. The summed E-state index contributed by atoms with van der Waals surface area (Å²) in [5.74, 6) is 0. The lowest BCUT2D eigenvalue weighted by molar-refractivity contribution is 0.0996. The molecule has 0 atom stereocenters. The summed E-state index contributed by atoms with van der Waals surface area (Å²) in [7, 11) is -1.07. The minimum atomic E-state index is -3.85. The monoisotopic (exact) mass is 313 g/mol. The van der Waals surface area contributed by atoms with Gasteiger partial charge >= 0.3 is 16.3 Å². The highest BCUT2D eigenvalue weighted by Crippen LogP contribution is 2.16. The third kappa shape index (κ3) is 3.52. The number of carbonyl (C=O) groups is 1. The van der Waals surface area contributed by atoms with Crippen LogP contribution in [0.25, 0.3) is 0 Å². The molecule has 1 saturated heterocycles. The normalized spacial score (nSPS) is 15.6. The lowest BCUT2D eigenvalue weighted by Gasteiger charge is -2.37. The van der Waals surface area contributed by atoms with Gasteiger partial charge in [-0.3, -0.25) is 0 Å². The smallest absolute Gasteiger partial charge is 0.425 e. The summed E-state index contributed by atoms with van der Waals surface area (Å²) in [5, 5.41) is 2.95. The molecule has 0 radical (unpaired) electrons. The number of nitrogens with zero attached hydrogens (tertiary/aromatic N) is 2. The molecule has 1 aromatic carbocycles. The Balaban J connectivity index is 2.08. The van der Waals surface area contributed by atoms with Crippen molar-refractivity contribution in [2.45, 2.75) is 12.6 Å². The second-order valence-electron chi connectivity index (χ2n) is 4.94. The van der Waals surface area contributed by atoms with Crippen LogP contribution in [-0.4, -0.2) is 56.3 Å². The first kappa shape index (κ1) is 15.7. The second kappa shape index (κ2) is 6.42. The van der Waals surface area contributed by atoms with Crippen LogP contribution in [0.5, 0.6) is 0 Å². The summed E-state index contributed by atoms with van der Waals surface area (Å²) in [6.07, 6.45) is -0.848. The highest BCUT2D eigenvalue weighted by molar-refractivity contribution is 7.87. The molecule has 0 saturated carbocycles. The zero-order valence-electron chi connectivity index (χ0n) is 12.0. The van der Waals surface area contributed by atoms with Gasteiger partial charge in [0.25, 0.3) is 0 Å². The average Bonchev–Trinajstić information content (AvgIpc) is 2.40. The Labute approximate surface area is 124 Å². The van der Waals surface area contributed by atoms with Crippen LogP contribution in [0.2, 0.25) is 0 Å². The molecule has 1 aliphatic heterocycles. The van der Waals surface area contributed by atoms with E-state index in [0.29, 0.717) is 13.1 Å². The van der Waals surface area contributed by atoms with Gasteiger partial charge in [-0.2, -0.15) is 17.0 Å². The van der Waals surface area contributed by atoms with Crippen molar-refractivity contribution in [1.29, 1.82) is 0 Å². The molecule has 0 unspecified atom stereocenters. The largest absolute Gasteiger partial charge is 0.444 e. The molecule has 8 heteroatoms. The van der Waals surface area contributed by atoms with E-state index in [4.69, 9.17) is 4.74 Å². The number of amides is 1. The maximum Gasteiger partial charge on any atom is 0.425 e. The number of carbonyl (C=O) groups excluding carboxylic acids is 1. The van der Waals surface area contributed by atoms with Crippen LogP contribution in [0.3, 0.4) is 0 Å². The maximum absolute atomic E-state index is 12.2. The molecule has 0 aliphatic carbocycles. The second-order valence-corrected chi connectivity index (χ2v) is 6.96. The minimum Gasteiger partial charge on any atom is -0.444 e. The Morgan fingerprint density at radius 2 is 1.90 bits per heavy atom. The predicted molar refractivity (Wildman–Crippen MR) is 77.7 cm³/mol. The van der Waals surface area contributed by atoms with Crippen molar-refractivity contribution in [3.63, 3.8) is 0 Å². The number of nitrogens with one attached hydrogen (secondary N) is 1. The standard InChI is InChI=1S/C13H19N3O4S/c1-15(2)21(18,19)16(12-8-14-9-12)13(17)20-10-11-6-4-3-5-7-11/h3-7,12,14H,8-10H2,1-2H3. The van der Waals surface area contributed by atoms with Gasteiger partial charge in [-0.25, -0.2) is 4.79 Å². The molecular weight excluding hydrogens is 294 g/mol. The molecule has 1 fully saturated rings. The van der Waals surface area contributed by atoms with E-state index in [-0.39, 0.29) is 6.61 Å². The quantitative estimate of drug-likeness (QED) is 0.851. The van der Waals surface area contributed by atoms with Crippen LogP contribution in [0.15, 0.2) is 30.3 Å². The Hall–Kier alpha value is -1.64. The summed E-state index contributed by atoms with van der Waals surface area (Å²) in [6, 6.07) is 8.72. The molecule has 0 spiro atoms. The fourth-order valence-electron chi connectivity index (χ4n) is 1.83. The van der Waals surface area contributed by atoms with Crippen molar-refractivity contribution in [3.05, 3.63) is 35.9 Å². The van der Waals surface area contributed by atoms with Gasteiger partial charge in [-0.15, -0.1) is 0 Å². The number of hydrogen-bond acceptors (Lipinski definition) is 5. The first-order chi connectivity index (χ1) is 9.93. The molecule has 0 bridgehead atoms. The van der Waals surface area contributed by atoms with Crippen molar-refractivity contribution >= 4 is 16.3 Å². The van der Waals surface area contributed by atoms with Crippen LogP contribution in [0.1, 0.15) is 5.56 Å². The third-order valence-electron chi connectivity index (χ3n) is 3.19. The molecule has 1 N–H and O–H groups in total. The van der Waals surface area contributed by atoms with E-state index in [9.17, 15) is 13.2 Å².